The van der Waals surface area contributed by atoms with Crippen molar-refractivity contribution in [2.45, 2.75) is 18.7 Å². The van der Waals surface area contributed by atoms with Crippen LogP contribution in [0.1, 0.15) is 21.5 Å². The van der Waals surface area contributed by atoms with Crippen LogP contribution in [-0.2, 0) is 17.1 Å². The molecule has 0 spiro atoms. The molecule has 0 saturated heterocycles. The van der Waals surface area contributed by atoms with Gasteiger partial charge >= 0.3 is 5.97 Å². The van der Waals surface area contributed by atoms with Gasteiger partial charge in [0.1, 0.15) is 6.33 Å². The zero-order valence-corrected chi connectivity index (χ0v) is 15.8. The quantitative estimate of drug-likeness (QED) is 0.697. The highest BCUT2D eigenvalue weighted by molar-refractivity contribution is 7.92. The van der Waals surface area contributed by atoms with Gasteiger partial charge in [0.25, 0.3) is 10.0 Å². The standard InChI is InChI=1S/C18H18N4O4S/c1-11-7-14(18(23)24)9-16(12(11)2)27(25,26)21-15-6-4-5-13(8-15)17-20-19-10-22(17)3/h4-10,21H,1-3H3,(H,23,24). The maximum Gasteiger partial charge on any atom is 0.335 e. The van der Waals surface area contributed by atoms with Crippen LogP contribution in [0.4, 0.5) is 5.69 Å². The predicted octanol–water partition coefficient (Wildman–Crippen LogP) is 2.60. The fourth-order valence-electron chi connectivity index (χ4n) is 2.71. The molecule has 1 heterocycles. The van der Waals surface area contributed by atoms with Crippen molar-refractivity contribution in [2.75, 3.05) is 4.72 Å². The van der Waals surface area contributed by atoms with E-state index in [0.717, 1.165) is 0 Å². The molecular formula is C18H18N4O4S. The lowest BCUT2D eigenvalue weighted by Gasteiger charge is -2.14. The van der Waals surface area contributed by atoms with Crippen molar-refractivity contribution in [3.05, 3.63) is 59.4 Å². The lowest BCUT2D eigenvalue weighted by molar-refractivity contribution is 0.0696. The first-order valence-electron chi connectivity index (χ1n) is 8.01. The van der Waals surface area contributed by atoms with Gasteiger partial charge in [0.2, 0.25) is 0 Å². The predicted molar refractivity (Wildman–Crippen MR) is 100 cm³/mol. The van der Waals surface area contributed by atoms with Crippen molar-refractivity contribution in [3.63, 3.8) is 0 Å². The summed E-state index contributed by atoms with van der Waals surface area (Å²) < 4.78 is 30.0. The van der Waals surface area contributed by atoms with Crippen LogP contribution >= 0.6 is 0 Å². The number of nitrogens with one attached hydrogen (secondary N) is 1. The van der Waals surface area contributed by atoms with Crippen molar-refractivity contribution in [1.82, 2.24) is 14.8 Å². The maximum atomic E-state index is 12.9. The van der Waals surface area contributed by atoms with Crippen molar-refractivity contribution in [2.24, 2.45) is 7.05 Å². The Labute approximate surface area is 156 Å². The zero-order valence-electron chi connectivity index (χ0n) is 15.0. The first-order chi connectivity index (χ1) is 12.7. The van der Waals surface area contributed by atoms with E-state index in [1.54, 1.807) is 56.1 Å². The van der Waals surface area contributed by atoms with Crippen LogP contribution in [0.2, 0.25) is 0 Å². The van der Waals surface area contributed by atoms with Crippen LogP contribution in [0, 0.1) is 13.8 Å². The molecule has 8 nitrogen and oxygen atoms in total. The van der Waals surface area contributed by atoms with Crippen LogP contribution in [0.5, 0.6) is 0 Å². The third-order valence-electron chi connectivity index (χ3n) is 4.24. The summed E-state index contributed by atoms with van der Waals surface area (Å²) in [5.74, 6) is -0.588. The van der Waals surface area contributed by atoms with E-state index < -0.39 is 16.0 Å². The monoisotopic (exact) mass is 386 g/mol. The number of carboxylic acid groups (broad SMARTS) is 1. The Kier molecular flexibility index (Phi) is 4.71. The van der Waals surface area contributed by atoms with E-state index in [2.05, 4.69) is 14.9 Å². The molecule has 9 heteroatoms. The van der Waals surface area contributed by atoms with Gasteiger partial charge in [-0.3, -0.25) is 4.72 Å². The van der Waals surface area contributed by atoms with Gasteiger partial charge in [-0.1, -0.05) is 12.1 Å². The van der Waals surface area contributed by atoms with Crippen molar-refractivity contribution in [3.8, 4) is 11.4 Å². The van der Waals surface area contributed by atoms with Crippen LogP contribution in [0.25, 0.3) is 11.4 Å². The molecule has 2 N–H and O–H groups in total. The number of sulfonamides is 1. The lowest BCUT2D eigenvalue weighted by Crippen LogP contribution is -2.16. The van der Waals surface area contributed by atoms with Crippen LogP contribution in [0.15, 0.2) is 47.6 Å². The molecule has 0 amide bonds. The van der Waals surface area contributed by atoms with Crippen molar-refractivity contribution >= 4 is 21.7 Å². The highest BCUT2D eigenvalue weighted by Gasteiger charge is 2.21. The number of carboxylic acids is 1. The average Bonchev–Trinajstić information content (AvgIpc) is 3.02. The number of hydrogen-bond donors (Lipinski definition) is 2. The number of carbonyl (C=O) groups is 1. The molecule has 1 aromatic heterocycles. The van der Waals surface area contributed by atoms with Gasteiger partial charge in [-0.15, -0.1) is 10.2 Å². The lowest BCUT2D eigenvalue weighted by atomic mass is 10.1. The number of aromatic carboxylic acids is 1. The number of anilines is 1. The second-order valence-electron chi connectivity index (χ2n) is 6.17. The zero-order chi connectivity index (χ0) is 19.8. The Bertz CT molecular complexity index is 1140. The molecule has 2 aromatic carbocycles. The molecule has 3 rings (SSSR count). The Morgan fingerprint density at radius 3 is 2.56 bits per heavy atom. The molecule has 0 radical (unpaired) electrons. The molecular weight excluding hydrogens is 368 g/mol. The fourth-order valence-corrected chi connectivity index (χ4v) is 4.10. The Balaban J connectivity index is 2.01. The second-order valence-corrected chi connectivity index (χ2v) is 7.82. The Hall–Kier alpha value is -3.20. The smallest absolute Gasteiger partial charge is 0.335 e. The van der Waals surface area contributed by atoms with Crippen LogP contribution in [-0.4, -0.2) is 34.3 Å². The Morgan fingerprint density at radius 2 is 1.93 bits per heavy atom. The summed E-state index contributed by atoms with van der Waals surface area (Å²) in [6.45, 7) is 3.32. The minimum Gasteiger partial charge on any atom is -0.478 e. The molecule has 0 atom stereocenters. The van der Waals surface area contributed by atoms with Gasteiger partial charge in [-0.2, -0.15) is 0 Å². The van der Waals surface area contributed by atoms with E-state index in [9.17, 15) is 18.3 Å². The Morgan fingerprint density at radius 1 is 1.19 bits per heavy atom. The van der Waals surface area contributed by atoms with Gasteiger partial charge in [0.05, 0.1) is 10.5 Å². The van der Waals surface area contributed by atoms with Crippen molar-refractivity contribution in [1.29, 1.82) is 0 Å². The number of hydrogen-bond acceptors (Lipinski definition) is 5. The third kappa shape index (κ3) is 3.68. The summed E-state index contributed by atoms with van der Waals surface area (Å²) in [7, 11) is -2.19. The largest absolute Gasteiger partial charge is 0.478 e. The van der Waals surface area contributed by atoms with Crippen LogP contribution in [0.3, 0.4) is 0 Å². The summed E-state index contributed by atoms with van der Waals surface area (Å²) in [4.78, 5) is 11.2. The molecule has 0 unspecified atom stereocenters. The highest BCUT2D eigenvalue weighted by atomic mass is 32.2. The molecule has 0 aliphatic carbocycles. The van der Waals surface area contributed by atoms with E-state index in [1.165, 1.54) is 12.1 Å². The fraction of sp³-hybridized carbons (Fsp3) is 0.167. The highest BCUT2D eigenvalue weighted by Crippen LogP contribution is 2.26. The second kappa shape index (κ2) is 6.84. The average molecular weight is 386 g/mol. The molecule has 140 valence electrons. The maximum absolute atomic E-state index is 12.9. The van der Waals surface area contributed by atoms with Gasteiger partial charge in [0, 0.05) is 18.3 Å². The van der Waals surface area contributed by atoms with E-state index >= 15 is 0 Å². The molecule has 0 aliphatic heterocycles. The summed E-state index contributed by atoms with van der Waals surface area (Å²) in [5, 5.41) is 17.0. The van der Waals surface area contributed by atoms with E-state index in [4.69, 9.17) is 0 Å². The van der Waals surface area contributed by atoms with Gasteiger partial charge in [0.15, 0.2) is 5.82 Å². The first-order valence-corrected chi connectivity index (χ1v) is 9.49. The number of nitrogens with zero attached hydrogens (tertiary/aromatic N) is 3. The first kappa shape index (κ1) is 18.6. The normalized spacial score (nSPS) is 11.4. The van der Waals surface area contributed by atoms with Crippen molar-refractivity contribution < 1.29 is 18.3 Å². The number of rotatable bonds is 5. The molecule has 0 saturated carbocycles. The van der Waals surface area contributed by atoms with Gasteiger partial charge in [-0.05, 0) is 49.2 Å². The van der Waals surface area contributed by atoms with Gasteiger partial charge in [-0.25, -0.2) is 13.2 Å². The molecule has 0 aliphatic rings. The summed E-state index contributed by atoms with van der Waals surface area (Å²) >= 11 is 0. The van der Waals surface area contributed by atoms with E-state index in [1.807, 2.05) is 0 Å². The number of benzene rings is 2. The third-order valence-corrected chi connectivity index (χ3v) is 5.75. The molecule has 0 fully saturated rings. The topological polar surface area (TPSA) is 114 Å². The summed E-state index contributed by atoms with van der Waals surface area (Å²) in [6, 6.07) is 9.37. The summed E-state index contributed by atoms with van der Waals surface area (Å²) in [5.41, 5.74) is 2.04. The number of aromatic nitrogens is 3. The molecule has 0 bridgehead atoms. The molecule has 3 aromatic rings. The number of aryl methyl sites for hydroxylation is 2. The van der Waals surface area contributed by atoms with E-state index in [-0.39, 0.29) is 10.5 Å². The van der Waals surface area contributed by atoms with Gasteiger partial charge < -0.3 is 9.67 Å². The minimum absolute atomic E-state index is 0.0658. The summed E-state index contributed by atoms with van der Waals surface area (Å²) in [6.07, 6.45) is 1.55. The minimum atomic E-state index is -3.97. The molecule has 27 heavy (non-hydrogen) atoms. The SMILES string of the molecule is Cc1cc(C(=O)O)cc(S(=O)(=O)Nc2cccc(-c3nncn3C)c2)c1C. The van der Waals surface area contributed by atoms with Crippen LogP contribution < -0.4 is 4.72 Å². The van der Waals surface area contributed by atoms with E-state index in [0.29, 0.717) is 28.2 Å².